The SMILES string of the molecule is COc1ccc(CNC(=O)C2=C(O)C3=CCCCC3N=C2)cc1. The number of methoxy groups -OCH3 is 1. The second-order valence-electron chi connectivity index (χ2n) is 5.68. The summed E-state index contributed by atoms with van der Waals surface area (Å²) in [6, 6.07) is 7.47. The molecule has 0 saturated carbocycles. The zero-order valence-electron chi connectivity index (χ0n) is 13.1. The second-order valence-corrected chi connectivity index (χ2v) is 5.68. The third-order valence-corrected chi connectivity index (χ3v) is 4.17. The summed E-state index contributed by atoms with van der Waals surface area (Å²) in [6.45, 7) is 0.385. The summed E-state index contributed by atoms with van der Waals surface area (Å²) < 4.78 is 5.10. The van der Waals surface area contributed by atoms with Gasteiger partial charge >= 0.3 is 0 Å². The minimum atomic E-state index is -0.313. The van der Waals surface area contributed by atoms with Gasteiger partial charge in [-0.25, -0.2) is 0 Å². The van der Waals surface area contributed by atoms with E-state index in [1.807, 2.05) is 30.3 Å². The molecule has 2 N–H and O–H groups in total. The summed E-state index contributed by atoms with van der Waals surface area (Å²) in [4.78, 5) is 16.7. The Kier molecular flexibility index (Phi) is 4.46. The summed E-state index contributed by atoms with van der Waals surface area (Å²) in [6.07, 6.45) is 6.39. The Labute approximate surface area is 135 Å². The molecular formula is C18H20N2O3. The van der Waals surface area contributed by atoms with Gasteiger partial charge in [0.2, 0.25) is 0 Å². The predicted octanol–water partition coefficient (Wildman–Crippen LogP) is 2.69. The molecule has 1 unspecified atom stereocenters. The van der Waals surface area contributed by atoms with E-state index in [1.54, 1.807) is 7.11 Å². The number of dihydropyridines is 1. The summed E-state index contributed by atoms with van der Waals surface area (Å²) in [5, 5.41) is 13.2. The fourth-order valence-corrected chi connectivity index (χ4v) is 2.84. The number of carbonyl (C=O) groups is 1. The number of aliphatic hydroxyl groups excluding tert-OH is 1. The van der Waals surface area contributed by atoms with E-state index in [-0.39, 0.29) is 23.3 Å². The van der Waals surface area contributed by atoms with Crippen LogP contribution in [0.3, 0.4) is 0 Å². The Bertz CT molecular complexity index is 687. The van der Waals surface area contributed by atoms with E-state index in [2.05, 4.69) is 10.3 Å². The molecule has 5 heteroatoms. The topological polar surface area (TPSA) is 70.9 Å². The van der Waals surface area contributed by atoms with Crippen LogP contribution in [-0.2, 0) is 11.3 Å². The van der Waals surface area contributed by atoms with Gasteiger partial charge in [0, 0.05) is 18.3 Å². The largest absolute Gasteiger partial charge is 0.507 e. The van der Waals surface area contributed by atoms with Crippen LogP contribution < -0.4 is 10.1 Å². The van der Waals surface area contributed by atoms with E-state index in [0.717, 1.165) is 36.1 Å². The predicted molar refractivity (Wildman–Crippen MR) is 88.7 cm³/mol. The number of hydrogen-bond acceptors (Lipinski definition) is 4. The monoisotopic (exact) mass is 312 g/mol. The van der Waals surface area contributed by atoms with Gasteiger partial charge in [-0.2, -0.15) is 0 Å². The molecule has 0 fully saturated rings. The van der Waals surface area contributed by atoms with Crippen LogP contribution in [0.2, 0.25) is 0 Å². The van der Waals surface area contributed by atoms with Gasteiger partial charge in [0.05, 0.1) is 18.7 Å². The third kappa shape index (κ3) is 3.28. The highest BCUT2D eigenvalue weighted by atomic mass is 16.5. The molecule has 23 heavy (non-hydrogen) atoms. The smallest absolute Gasteiger partial charge is 0.256 e. The molecular weight excluding hydrogens is 292 g/mol. The van der Waals surface area contributed by atoms with Crippen LogP contribution in [0.5, 0.6) is 5.75 Å². The molecule has 5 nitrogen and oxygen atoms in total. The molecule has 120 valence electrons. The summed E-state index contributed by atoms with van der Waals surface area (Å²) in [5.74, 6) is 0.527. The number of rotatable bonds is 4. The molecule has 1 amide bonds. The average Bonchev–Trinajstić information content (AvgIpc) is 2.60. The van der Waals surface area contributed by atoms with Crippen molar-refractivity contribution < 1.29 is 14.6 Å². The lowest BCUT2D eigenvalue weighted by molar-refractivity contribution is -0.117. The molecule has 3 rings (SSSR count). The molecule has 2 aliphatic rings. The first-order chi connectivity index (χ1) is 11.2. The van der Waals surface area contributed by atoms with Gasteiger partial charge in [0.1, 0.15) is 11.5 Å². The van der Waals surface area contributed by atoms with Gasteiger partial charge < -0.3 is 15.2 Å². The number of allylic oxidation sites excluding steroid dienone is 1. The lowest BCUT2D eigenvalue weighted by Gasteiger charge is -2.24. The molecule has 0 radical (unpaired) electrons. The minimum absolute atomic E-state index is 0.00175. The first-order valence-corrected chi connectivity index (χ1v) is 7.77. The number of fused-ring (bicyclic) bond motifs is 1. The lowest BCUT2D eigenvalue weighted by Crippen LogP contribution is -2.30. The molecule has 1 aromatic carbocycles. The Morgan fingerprint density at radius 1 is 1.39 bits per heavy atom. The fourth-order valence-electron chi connectivity index (χ4n) is 2.84. The molecule has 0 bridgehead atoms. The van der Waals surface area contributed by atoms with E-state index in [4.69, 9.17) is 4.74 Å². The third-order valence-electron chi connectivity index (χ3n) is 4.17. The number of nitrogens with zero attached hydrogens (tertiary/aromatic N) is 1. The molecule has 1 heterocycles. The lowest BCUT2D eigenvalue weighted by atomic mass is 9.89. The molecule has 1 aromatic rings. The van der Waals surface area contributed by atoms with Crippen LogP contribution in [0.15, 0.2) is 52.2 Å². The Morgan fingerprint density at radius 3 is 2.91 bits per heavy atom. The summed E-state index contributed by atoms with van der Waals surface area (Å²) in [7, 11) is 1.61. The number of ether oxygens (including phenoxy) is 1. The van der Waals surface area contributed by atoms with E-state index in [9.17, 15) is 9.90 Å². The van der Waals surface area contributed by atoms with E-state index in [0.29, 0.717) is 6.54 Å². The van der Waals surface area contributed by atoms with Crippen molar-refractivity contribution in [1.29, 1.82) is 0 Å². The minimum Gasteiger partial charge on any atom is -0.507 e. The zero-order chi connectivity index (χ0) is 16.2. The quantitative estimate of drug-likeness (QED) is 0.898. The second kappa shape index (κ2) is 6.69. The first-order valence-electron chi connectivity index (χ1n) is 7.77. The molecule has 1 atom stereocenters. The number of benzene rings is 1. The number of amides is 1. The van der Waals surface area contributed by atoms with Crippen LogP contribution in [-0.4, -0.2) is 30.4 Å². The number of aliphatic hydroxyl groups is 1. The van der Waals surface area contributed by atoms with Crippen molar-refractivity contribution >= 4 is 12.1 Å². The van der Waals surface area contributed by atoms with E-state index < -0.39 is 0 Å². The van der Waals surface area contributed by atoms with Crippen LogP contribution in [0.25, 0.3) is 0 Å². The standard InChI is InChI=1S/C18H20N2O3/c1-23-13-8-6-12(7-9-13)10-20-18(22)15-11-19-16-5-3-2-4-14(16)17(15)21/h4,6-9,11,16,21H,2-3,5,10H2,1H3,(H,20,22). The normalized spacial score (nSPS) is 19.9. The molecule has 0 saturated heterocycles. The van der Waals surface area contributed by atoms with Crippen molar-refractivity contribution in [3.63, 3.8) is 0 Å². The van der Waals surface area contributed by atoms with Gasteiger partial charge in [0.15, 0.2) is 0 Å². The van der Waals surface area contributed by atoms with Crippen molar-refractivity contribution in [2.45, 2.75) is 31.8 Å². The molecule has 1 aliphatic carbocycles. The number of nitrogens with one attached hydrogen (secondary N) is 1. The average molecular weight is 312 g/mol. The van der Waals surface area contributed by atoms with E-state index in [1.165, 1.54) is 6.21 Å². The number of aliphatic imine (C=N–C) groups is 1. The van der Waals surface area contributed by atoms with Crippen LogP contribution in [0.1, 0.15) is 24.8 Å². The fraction of sp³-hybridized carbons (Fsp3) is 0.333. The van der Waals surface area contributed by atoms with Gasteiger partial charge in [-0.3, -0.25) is 9.79 Å². The Hall–Kier alpha value is -2.56. The van der Waals surface area contributed by atoms with Gasteiger partial charge in [0.25, 0.3) is 5.91 Å². The molecule has 1 aliphatic heterocycles. The summed E-state index contributed by atoms with van der Waals surface area (Å²) >= 11 is 0. The maximum Gasteiger partial charge on any atom is 0.256 e. The van der Waals surface area contributed by atoms with Gasteiger partial charge in [-0.05, 0) is 37.0 Å². The highest BCUT2D eigenvalue weighted by molar-refractivity contribution is 6.13. The van der Waals surface area contributed by atoms with Crippen molar-refractivity contribution in [2.75, 3.05) is 7.11 Å². The van der Waals surface area contributed by atoms with E-state index >= 15 is 0 Å². The Morgan fingerprint density at radius 2 is 2.17 bits per heavy atom. The maximum absolute atomic E-state index is 12.3. The van der Waals surface area contributed by atoms with Crippen molar-refractivity contribution in [3.8, 4) is 5.75 Å². The van der Waals surface area contributed by atoms with Crippen molar-refractivity contribution in [3.05, 3.63) is 52.8 Å². The molecule has 0 spiro atoms. The van der Waals surface area contributed by atoms with Gasteiger partial charge in [-0.15, -0.1) is 0 Å². The first kappa shape index (κ1) is 15.3. The van der Waals surface area contributed by atoms with Crippen LogP contribution in [0.4, 0.5) is 0 Å². The zero-order valence-corrected chi connectivity index (χ0v) is 13.1. The van der Waals surface area contributed by atoms with Crippen LogP contribution >= 0.6 is 0 Å². The Balaban J connectivity index is 1.68. The van der Waals surface area contributed by atoms with Gasteiger partial charge in [-0.1, -0.05) is 18.2 Å². The number of hydrogen-bond donors (Lipinski definition) is 2. The van der Waals surface area contributed by atoms with Crippen molar-refractivity contribution in [1.82, 2.24) is 5.32 Å². The maximum atomic E-state index is 12.3. The van der Waals surface area contributed by atoms with Crippen molar-refractivity contribution in [2.24, 2.45) is 4.99 Å². The summed E-state index contributed by atoms with van der Waals surface area (Å²) in [5.41, 5.74) is 1.98. The molecule has 0 aromatic heterocycles. The van der Waals surface area contributed by atoms with Crippen LogP contribution in [0, 0.1) is 0 Å². The highest BCUT2D eigenvalue weighted by Gasteiger charge is 2.27. The number of carbonyl (C=O) groups excluding carboxylic acids is 1. The highest BCUT2D eigenvalue weighted by Crippen LogP contribution is 2.30.